The first-order valence-electron chi connectivity index (χ1n) is 6.94. The van der Waals surface area contributed by atoms with E-state index < -0.39 is 67.0 Å². The average molecular weight is 359 g/mol. The summed E-state index contributed by atoms with van der Waals surface area (Å²) in [6, 6.07) is 1.53. The highest BCUT2D eigenvalue weighted by atomic mass is 16.7. The van der Waals surface area contributed by atoms with Crippen LogP contribution >= 0.6 is 0 Å². The van der Waals surface area contributed by atoms with Gasteiger partial charge in [-0.05, 0) is 12.2 Å². The van der Waals surface area contributed by atoms with E-state index in [0.29, 0.717) is 0 Å². The largest absolute Gasteiger partial charge is 0.481 e. The molecule has 0 aliphatic carbocycles. The van der Waals surface area contributed by atoms with Gasteiger partial charge in [-0.2, -0.15) is 5.26 Å². The molecule has 0 unspecified atom stereocenters. The van der Waals surface area contributed by atoms with Crippen LogP contribution in [0.1, 0.15) is 6.42 Å². The van der Waals surface area contributed by atoms with Gasteiger partial charge in [0.15, 0.2) is 5.76 Å². The third-order valence-electron chi connectivity index (χ3n) is 3.25. The Bertz CT molecular complexity index is 605. The van der Waals surface area contributed by atoms with Gasteiger partial charge in [-0.15, -0.1) is 0 Å². The molecule has 1 saturated heterocycles. The lowest BCUT2D eigenvalue weighted by Gasteiger charge is -2.39. The van der Waals surface area contributed by atoms with Crippen molar-refractivity contribution in [3.05, 3.63) is 23.5 Å². The van der Waals surface area contributed by atoms with E-state index in [-0.39, 0.29) is 0 Å². The Balaban J connectivity index is 2.95. The highest BCUT2D eigenvalue weighted by Crippen LogP contribution is 2.23. The minimum absolute atomic E-state index is 0.530. The highest BCUT2D eigenvalue weighted by Gasteiger charge is 2.44. The van der Waals surface area contributed by atoms with Gasteiger partial charge in [0, 0.05) is 5.57 Å². The van der Waals surface area contributed by atoms with Gasteiger partial charge in [-0.1, -0.05) is 0 Å². The Hall–Kier alpha value is -2.49. The fraction of sp³-hybridized carbons (Fsp3) is 0.500. The van der Waals surface area contributed by atoms with Crippen LogP contribution in [0.15, 0.2) is 23.5 Å². The molecule has 1 aliphatic rings. The molecule has 0 bridgehead atoms. The summed E-state index contributed by atoms with van der Waals surface area (Å²) in [5, 5.41) is 64.5. The van der Waals surface area contributed by atoms with Gasteiger partial charge in [0.05, 0.1) is 13.0 Å². The molecule has 1 aliphatic heterocycles. The summed E-state index contributed by atoms with van der Waals surface area (Å²) in [6.07, 6.45) is -7.06. The fourth-order valence-electron chi connectivity index (χ4n) is 1.94. The summed E-state index contributed by atoms with van der Waals surface area (Å²) in [7, 11) is 0. The van der Waals surface area contributed by atoms with Crippen LogP contribution in [0.25, 0.3) is 0 Å². The molecule has 0 amide bonds. The van der Waals surface area contributed by atoms with Gasteiger partial charge in [0.25, 0.3) is 0 Å². The molecule has 25 heavy (non-hydrogen) atoms. The molecule has 1 rings (SSSR count). The SMILES string of the molecule is N#C/C(=C\C=C(\CC(=O)O)C(=O)O)O[C@@H]1O[C@H](CO)[C@@H](O)[C@@H](O)[C@H]1O. The molecule has 11 nitrogen and oxygen atoms in total. The predicted octanol–water partition coefficient (Wildman–Crippen LogP) is -2.30. The van der Waals surface area contributed by atoms with Crippen LogP contribution in [0.3, 0.4) is 0 Å². The maximum atomic E-state index is 10.9. The lowest BCUT2D eigenvalue weighted by molar-refractivity contribution is -0.290. The second kappa shape index (κ2) is 9.11. The first-order valence-corrected chi connectivity index (χ1v) is 6.94. The zero-order valence-electron chi connectivity index (χ0n) is 12.7. The molecule has 6 N–H and O–H groups in total. The van der Waals surface area contributed by atoms with Crippen LogP contribution in [-0.4, -0.2) is 79.9 Å². The van der Waals surface area contributed by atoms with Crippen molar-refractivity contribution in [1.29, 1.82) is 5.26 Å². The summed E-state index contributed by atoms with van der Waals surface area (Å²) in [6.45, 7) is -0.696. The number of allylic oxidation sites excluding steroid dienone is 3. The van der Waals surface area contributed by atoms with Crippen molar-refractivity contribution >= 4 is 11.9 Å². The number of hydrogen-bond donors (Lipinski definition) is 6. The first-order chi connectivity index (χ1) is 11.7. The molecule has 5 atom stereocenters. The predicted molar refractivity (Wildman–Crippen MR) is 76.5 cm³/mol. The topological polar surface area (TPSA) is 198 Å². The van der Waals surface area contributed by atoms with Crippen LogP contribution in [0.2, 0.25) is 0 Å². The smallest absolute Gasteiger partial charge is 0.332 e. The second-order valence-electron chi connectivity index (χ2n) is 5.03. The summed E-state index contributed by atoms with van der Waals surface area (Å²) in [5.41, 5.74) is -0.530. The van der Waals surface area contributed by atoms with Crippen molar-refractivity contribution in [3.8, 4) is 6.07 Å². The van der Waals surface area contributed by atoms with Crippen LogP contribution < -0.4 is 0 Å². The number of hydrogen-bond acceptors (Lipinski definition) is 9. The second-order valence-corrected chi connectivity index (χ2v) is 5.03. The van der Waals surface area contributed by atoms with Crippen LogP contribution in [0.5, 0.6) is 0 Å². The minimum Gasteiger partial charge on any atom is -0.481 e. The monoisotopic (exact) mass is 359 g/mol. The Morgan fingerprint density at radius 2 is 1.76 bits per heavy atom. The normalized spacial score (nSPS) is 30.4. The van der Waals surface area contributed by atoms with Crippen molar-refractivity contribution in [2.45, 2.75) is 37.1 Å². The number of nitriles is 1. The molecule has 1 fully saturated rings. The Morgan fingerprint density at radius 3 is 2.24 bits per heavy atom. The van der Waals surface area contributed by atoms with Crippen molar-refractivity contribution in [2.24, 2.45) is 0 Å². The third-order valence-corrected chi connectivity index (χ3v) is 3.25. The molecule has 1 heterocycles. The molecular weight excluding hydrogens is 342 g/mol. The average Bonchev–Trinajstić information content (AvgIpc) is 2.56. The third kappa shape index (κ3) is 5.52. The molecule has 0 aromatic carbocycles. The van der Waals surface area contributed by atoms with Gasteiger partial charge >= 0.3 is 11.9 Å². The van der Waals surface area contributed by atoms with Gasteiger partial charge < -0.3 is 40.1 Å². The molecular formula is C14H17NO10. The zero-order chi connectivity index (χ0) is 19.1. The van der Waals surface area contributed by atoms with E-state index in [4.69, 9.17) is 30.1 Å². The number of carbonyl (C=O) groups is 2. The van der Waals surface area contributed by atoms with E-state index in [1.165, 1.54) is 6.07 Å². The minimum atomic E-state index is -1.75. The fourth-order valence-corrected chi connectivity index (χ4v) is 1.94. The number of carboxylic acids is 2. The lowest BCUT2D eigenvalue weighted by atomic mass is 9.99. The number of carboxylic acid groups (broad SMARTS) is 2. The van der Waals surface area contributed by atoms with Crippen molar-refractivity contribution in [1.82, 2.24) is 0 Å². The van der Waals surface area contributed by atoms with E-state index in [2.05, 4.69) is 0 Å². The molecule has 138 valence electrons. The number of rotatable bonds is 7. The Morgan fingerprint density at radius 1 is 1.12 bits per heavy atom. The van der Waals surface area contributed by atoms with Crippen molar-refractivity contribution in [3.63, 3.8) is 0 Å². The summed E-state index contributed by atoms with van der Waals surface area (Å²) in [5.74, 6) is -3.45. The maximum Gasteiger partial charge on any atom is 0.332 e. The van der Waals surface area contributed by atoms with Gasteiger partial charge in [0.2, 0.25) is 6.29 Å². The van der Waals surface area contributed by atoms with E-state index in [1.807, 2.05) is 0 Å². The zero-order valence-corrected chi connectivity index (χ0v) is 12.7. The van der Waals surface area contributed by atoms with Gasteiger partial charge in [-0.25, -0.2) is 4.79 Å². The summed E-state index contributed by atoms with van der Waals surface area (Å²) in [4.78, 5) is 21.5. The Labute approximate surface area is 141 Å². The van der Waals surface area contributed by atoms with Crippen LogP contribution in [-0.2, 0) is 19.1 Å². The molecule has 0 radical (unpaired) electrons. The molecule has 11 heteroatoms. The number of aliphatic carboxylic acids is 2. The maximum absolute atomic E-state index is 10.9. The summed E-state index contributed by atoms with van der Waals surface area (Å²) < 4.78 is 10.0. The lowest BCUT2D eigenvalue weighted by Crippen LogP contribution is -2.59. The van der Waals surface area contributed by atoms with Crippen molar-refractivity contribution < 1.29 is 49.7 Å². The molecule has 0 spiro atoms. The molecule has 0 saturated carbocycles. The van der Waals surface area contributed by atoms with Crippen LogP contribution in [0.4, 0.5) is 0 Å². The van der Waals surface area contributed by atoms with E-state index >= 15 is 0 Å². The Kier molecular flexibility index (Phi) is 7.49. The van der Waals surface area contributed by atoms with Crippen LogP contribution in [0, 0.1) is 11.3 Å². The number of aliphatic hydroxyl groups excluding tert-OH is 4. The van der Waals surface area contributed by atoms with E-state index in [9.17, 15) is 24.9 Å². The number of aliphatic hydroxyl groups is 4. The number of nitrogens with zero attached hydrogens (tertiary/aromatic N) is 1. The van der Waals surface area contributed by atoms with Gasteiger partial charge in [0.1, 0.15) is 30.5 Å². The summed E-state index contributed by atoms with van der Waals surface area (Å²) >= 11 is 0. The van der Waals surface area contributed by atoms with E-state index in [1.54, 1.807) is 0 Å². The standard InChI is InChI=1S/C14H17NO10/c15-4-7(2-1-6(13(22)23)3-9(17)18)24-14-12(21)11(20)10(19)8(5-16)25-14/h1-2,8,10-12,14,16,19-21H,3,5H2,(H,17,18)(H,22,23)/b6-1-,7-2+/t8-,10-,11-,12-,14-/m1/s1. The highest BCUT2D eigenvalue weighted by molar-refractivity contribution is 5.92. The first kappa shape index (κ1) is 20.6. The van der Waals surface area contributed by atoms with Crippen molar-refractivity contribution in [2.75, 3.05) is 6.61 Å². The molecule has 0 aromatic rings. The van der Waals surface area contributed by atoms with Gasteiger partial charge in [-0.3, -0.25) is 4.79 Å². The molecule has 0 aromatic heterocycles. The number of ether oxygens (including phenoxy) is 2. The quantitative estimate of drug-likeness (QED) is 0.124. The van der Waals surface area contributed by atoms with E-state index in [0.717, 1.165) is 12.2 Å².